The van der Waals surface area contributed by atoms with Crippen LogP contribution in [0.3, 0.4) is 0 Å². The lowest BCUT2D eigenvalue weighted by atomic mass is 9.97. The summed E-state index contributed by atoms with van der Waals surface area (Å²) in [5.74, 6) is -0.191. The molecule has 0 saturated carbocycles. The number of halogens is 3. The van der Waals surface area contributed by atoms with E-state index in [1.54, 1.807) is 6.92 Å². The van der Waals surface area contributed by atoms with Gasteiger partial charge in [0.05, 0.1) is 17.7 Å². The fourth-order valence-electron chi connectivity index (χ4n) is 2.80. The van der Waals surface area contributed by atoms with Crippen LogP contribution in [0.1, 0.15) is 43.9 Å². The molecule has 1 aliphatic heterocycles. The molecule has 1 aromatic carbocycles. The third kappa shape index (κ3) is 4.27. The zero-order valence-corrected chi connectivity index (χ0v) is 13.6. The van der Waals surface area contributed by atoms with E-state index in [0.717, 1.165) is 18.6 Å². The first-order valence-corrected chi connectivity index (χ1v) is 8.01. The molecule has 134 valence electrons. The van der Waals surface area contributed by atoms with E-state index in [1.807, 2.05) is 6.92 Å². The average molecular weight is 345 g/mol. The molecule has 1 saturated heterocycles. The Labute approximate surface area is 139 Å². The van der Waals surface area contributed by atoms with Crippen LogP contribution in [0.5, 0.6) is 0 Å². The first-order chi connectivity index (χ1) is 11.2. The molecule has 1 fully saturated rings. The second-order valence-electron chi connectivity index (χ2n) is 6.15. The molecule has 0 aromatic heterocycles. The van der Waals surface area contributed by atoms with Crippen LogP contribution in [0.15, 0.2) is 24.3 Å². The van der Waals surface area contributed by atoms with Crippen LogP contribution in [0, 0.1) is 5.92 Å². The summed E-state index contributed by atoms with van der Waals surface area (Å²) in [4.78, 5) is 12.3. The average Bonchev–Trinajstić information content (AvgIpc) is 2.97. The van der Waals surface area contributed by atoms with Gasteiger partial charge in [-0.2, -0.15) is 13.2 Å². The second kappa shape index (κ2) is 7.53. The molecular weight excluding hydrogens is 323 g/mol. The summed E-state index contributed by atoms with van der Waals surface area (Å²) in [6.45, 7) is 4.24. The van der Waals surface area contributed by atoms with Crippen LogP contribution in [-0.4, -0.2) is 29.8 Å². The Morgan fingerprint density at radius 1 is 1.38 bits per heavy atom. The summed E-state index contributed by atoms with van der Waals surface area (Å²) < 4.78 is 43.2. The van der Waals surface area contributed by atoms with Gasteiger partial charge in [0.15, 0.2) is 0 Å². The van der Waals surface area contributed by atoms with Gasteiger partial charge in [-0.05, 0) is 36.5 Å². The van der Waals surface area contributed by atoms with Crippen LogP contribution in [-0.2, 0) is 15.7 Å². The largest absolute Gasteiger partial charge is 0.416 e. The topological polar surface area (TPSA) is 58.6 Å². The summed E-state index contributed by atoms with van der Waals surface area (Å²) >= 11 is 0. The van der Waals surface area contributed by atoms with Gasteiger partial charge in [0, 0.05) is 6.61 Å². The van der Waals surface area contributed by atoms with Gasteiger partial charge in [-0.25, -0.2) is 0 Å². The van der Waals surface area contributed by atoms with E-state index >= 15 is 0 Å². The highest BCUT2D eigenvalue weighted by Gasteiger charge is 2.34. The molecule has 2 rings (SSSR count). The lowest BCUT2D eigenvalue weighted by Gasteiger charge is -2.25. The number of ether oxygens (including phenoxy) is 1. The molecule has 0 spiro atoms. The molecule has 4 unspecified atom stereocenters. The molecule has 7 heteroatoms. The maximum atomic E-state index is 12.6. The van der Waals surface area contributed by atoms with Crippen molar-refractivity contribution in [3.63, 3.8) is 0 Å². The Morgan fingerprint density at radius 3 is 2.46 bits per heavy atom. The van der Waals surface area contributed by atoms with E-state index < -0.39 is 30.0 Å². The minimum absolute atomic E-state index is 0.103. The number of alkyl halides is 3. The summed E-state index contributed by atoms with van der Waals surface area (Å²) in [5.41, 5.74) is -0.445. The van der Waals surface area contributed by atoms with E-state index in [2.05, 4.69) is 5.32 Å². The predicted molar refractivity (Wildman–Crippen MR) is 82.1 cm³/mol. The fraction of sp³-hybridized carbons (Fsp3) is 0.588. The van der Waals surface area contributed by atoms with Crippen LogP contribution >= 0.6 is 0 Å². The minimum atomic E-state index is -4.42. The summed E-state index contributed by atoms with van der Waals surface area (Å²) in [7, 11) is 0. The van der Waals surface area contributed by atoms with Gasteiger partial charge in [0.25, 0.3) is 0 Å². The molecule has 1 amide bonds. The molecule has 0 aliphatic carbocycles. The van der Waals surface area contributed by atoms with Crippen LogP contribution in [0.25, 0.3) is 0 Å². The van der Waals surface area contributed by atoms with Crippen molar-refractivity contribution in [3.05, 3.63) is 35.4 Å². The third-order valence-corrected chi connectivity index (χ3v) is 4.37. The van der Waals surface area contributed by atoms with E-state index in [9.17, 15) is 23.1 Å². The molecule has 4 atom stereocenters. The Morgan fingerprint density at radius 2 is 2.00 bits per heavy atom. The number of hydrogen-bond acceptors (Lipinski definition) is 3. The highest BCUT2D eigenvalue weighted by molar-refractivity contribution is 5.81. The van der Waals surface area contributed by atoms with Crippen LogP contribution in [0.4, 0.5) is 13.2 Å². The minimum Gasteiger partial charge on any atom is -0.386 e. The summed E-state index contributed by atoms with van der Waals surface area (Å²) in [6.07, 6.45) is -4.81. The summed E-state index contributed by atoms with van der Waals surface area (Å²) in [6, 6.07) is 3.73. The number of hydrogen-bond donors (Lipinski definition) is 2. The van der Waals surface area contributed by atoms with E-state index in [1.165, 1.54) is 12.1 Å². The summed E-state index contributed by atoms with van der Waals surface area (Å²) in [5, 5.41) is 13.1. The Bertz CT molecular complexity index is 559. The number of benzene rings is 1. The van der Waals surface area contributed by atoms with E-state index in [0.29, 0.717) is 18.6 Å². The van der Waals surface area contributed by atoms with E-state index in [4.69, 9.17) is 4.74 Å². The highest BCUT2D eigenvalue weighted by atomic mass is 19.4. The van der Waals surface area contributed by atoms with Crippen molar-refractivity contribution in [2.24, 2.45) is 5.92 Å². The van der Waals surface area contributed by atoms with Gasteiger partial charge in [-0.1, -0.05) is 26.0 Å². The quantitative estimate of drug-likeness (QED) is 0.862. The molecule has 2 N–H and O–H groups in total. The smallest absolute Gasteiger partial charge is 0.386 e. The first-order valence-electron chi connectivity index (χ1n) is 8.01. The number of carbonyl (C=O) groups is 1. The first kappa shape index (κ1) is 18.7. The van der Waals surface area contributed by atoms with Crippen molar-refractivity contribution in [1.82, 2.24) is 5.32 Å². The molecule has 24 heavy (non-hydrogen) atoms. The number of nitrogens with one attached hydrogen (secondary N) is 1. The van der Waals surface area contributed by atoms with Crippen LogP contribution in [0.2, 0.25) is 0 Å². The number of amides is 1. The Kier molecular flexibility index (Phi) is 5.87. The standard InChI is InChI=1S/C17H22F3NO3/c1-3-13(21-16(23)15-10(2)8-9-24-15)14(22)11-4-6-12(7-5-11)17(18,19)20/h4-7,10,13-15,22H,3,8-9H2,1-2H3,(H,21,23). The fourth-order valence-corrected chi connectivity index (χ4v) is 2.80. The van der Waals surface area contributed by atoms with Crippen molar-refractivity contribution >= 4 is 5.91 Å². The molecular formula is C17H22F3NO3. The Balaban J connectivity index is 2.05. The maximum absolute atomic E-state index is 12.6. The monoisotopic (exact) mass is 345 g/mol. The molecule has 1 heterocycles. The van der Waals surface area contributed by atoms with Crippen molar-refractivity contribution in [1.29, 1.82) is 0 Å². The van der Waals surface area contributed by atoms with Gasteiger partial charge in [0.1, 0.15) is 6.10 Å². The number of carbonyl (C=O) groups excluding carboxylic acids is 1. The Hall–Kier alpha value is -1.60. The normalized spacial score (nSPS) is 23.8. The van der Waals surface area contributed by atoms with Crippen molar-refractivity contribution in [2.75, 3.05) is 6.61 Å². The van der Waals surface area contributed by atoms with Gasteiger partial charge >= 0.3 is 6.18 Å². The van der Waals surface area contributed by atoms with Gasteiger partial charge in [-0.15, -0.1) is 0 Å². The maximum Gasteiger partial charge on any atom is 0.416 e. The van der Waals surface area contributed by atoms with E-state index in [-0.39, 0.29) is 11.8 Å². The number of rotatable bonds is 5. The molecule has 4 nitrogen and oxygen atoms in total. The van der Waals surface area contributed by atoms with Gasteiger partial charge in [-0.3, -0.25) is 4.79 Å². The zero-order chi connectivity index (χ0) is 17.9. The van der Waals surface area contributed by atoms with Crippen LogP contribution < -0.4 is 5.32 Å². The molecule has 1 aromatic rings. The predicted octanol–water partition coefficient (Wildman–Crippen LogP) is 3.06. The second-order valence-corrected chi connectivity index (χ2v) is 6.15. The molecule has 0 radical (unpaired) electrons. The molecule has 0 bridgehead atoms. The number of aliphatic hydroxyl groups excluding tert-OH is 1. The SMILES string of the molecule is CCC(NC(=O)C1OCCC1C)C(O)c1ccc(C(F)(F)F)cc1. The van der Waals surface area contributed by atoms with Crippen molar-refractivity contribution in [2.45, 2.75) is 51.1 Å². The van der Waals surface area contributed by atoms with Crippen molar-refractivity contribution < 1.29 is 27.8 Å². The third-order valence-electron chi connectivity index (χ3n) is 4.37. The number of aliphatic hydroxyl groups is 1. The lowest BCUT2D eigenvalue weighted by molar-refractivity contribution is -0.137. The highest BCUT2D eigenvalue weighted by Crippen LogP contribution is 2.30. The zero-order valence-electron chi connectivity index (χ0n) is 13.6. The lowest BCUT2D eigenvalue weighted by Crippen LogP contribution is -2.45. The van der Waals surface area contributed by atoms with Crippen molar-refractivity contribution in [3.8, 4) is 0 Å². The van der Waals surface area contributed by atoms with Gasteiger partial charge < -0.3 is 15.2 Å². The van der Waals surface area contributed by atoms with Gasteiger partial charge in [0.2, 0.25) is 5.91 Å². The molecule has 1 aliphatic rings.